The summed E-state index contributed by atoms with van der Waals surface area (Å²) in [6, 6.07) is 0. The Bertz CT molecular complexity index is 143. The van der Waals surface area contributed by atoms with Crippen molar-refractivity contribution in [2.75, 3.05) is 0 Å². The van der Waals surface area contributed by atoms with Gasteiger partial charge in [0.25, 0.3) is 0 Å². The monoisotopic (exact) mass is 158 g/mol. The second kappa shape index (κ2) is 5.55. The molecule has 0 nitrogen and oxygen atoms in total. The maximum Gasteiger partial charge on any atom is 0.0213 e. The summed E-state index contributed by atoms with van der Waals surface area (Å²) >= 11 is 5.80. The molecule has 0 aromatic carbocycles. The van der Waals surface area contributed by atoms with E-state index in [0.717, 1.165) is 17.9 Å². The fraction of sp³-hybridized carbons (Fsp3) is 0.556. The van der Waals surface area contributed by atoms with Gasteiger partial charge in [0.15, 0.2) is 0 Å². The summed E-state index contributed by atoms with van der Waals surface area (Å²) in [7, 11) is 0. The largest absolute Gasteiger partial charge is 0.0889 e. The van der Waals surface area contributed by atoms with Gasteiger partial charge in [-0.25, -0.2) is 0 Å². The van der Waals surface area contributed by atoms with Gasteiger partial charge in [-0.1, -0.05) is 37.6 Å². The SMILES string of the molecule is CC.CC1=C(Cl)CCC=C1. The highest BCUT2D eigenvalue weighted by molar-refractivity contribution is 6.30. The lowest BCUT2D eigenvalue weighted by atomic mass is 10.1. The van der Waals surface area contributed by atoms with Crippen LogP contribution in [0.3, 0.4) is 0 Å². The van der Waals surface area contributed by atoms with E-state index in [0.29, 0.717) is 0 Å². The third-order valence-electron chi connectivity index (χ3n) is 1.33. The van der Waals surface area contributed by atoms with Crippen LogP contribution in [-0.2, 0) is 0 Å². The molecule has 58 valence electrons. The number of allylic oxidation sites excluding steroid dienone is 4. The number of hydrogen-bond donors (Lipinski definition) is 0. The van der Waals surface area contributed by atoms with Crippen molar-refractivity contribution in [3.63, 3.8) is 0 Å². The van der Waals surface area contributed by atoms with Crippen molar-refractivity contribution in [2.45, 2.75) is 33.6 Å². The Morgan fingerprint density at radius 3 is 2.30 bits per heavy atom. The molecule has 1 rings (SSSR count). The van der Waals surface area contributed by atoms with Crippen LogP contribution in [0.15, 0.2) is 22.8 Å². The molecule has 10 heavy (non-hydrogen) atoms. The van der Waals surface area contributed by atoms with Gasteiger partial charge in [0.1, 0.15) is 0 Å². The molecule has 0 amide bonds. The minimum Gasteiger partial charge on any atom is -0.0889 e. The Morgan fingerprint density at radius 1 is 1.40 bits per heavy atom. The van der Waals surface area contributed by atoms with Crippen molar-refractivity contribution < 1.29 is 0 Å². The van der Waals surface area contributed by atoms with Crippen LogP contribution in [0.2, 0.25) is 0 Å². The topological polar surface area (TPSA) is 0 Å². The Hall–Kier alpha value is -0.230. The van der Waals surface area contributed by atoms with Crippen molar-refractivity contribution in [3.05, 3.63) is 22.8 Å². The maximum atomic E-state index is 5.80. The zero-order chi connectivity index (χ0) is 7.98. The third kappa shape index (κ3) is 3.07. The van der Waals surface area contributed by atoms with Crippen molar-refractivity contribution >= 4 is 11.6 Å². The van der Waals surface area contributed by atoms with Gasteiger partial charge in [-0.15, -0.1) is 0 Å². The molecule has 1 aliphatic carbocycles. The van der Waals surface area contributed by atoms with Gasteiger partial charge in [-0.2, -0.15) is 0 Å². The summed E-state index contributed by atoms with van der Waals surface area (Å²) in [5.41, 5.74) is 1.22. The zero-order valence-electron chi connectivity index (χ0n) is 6.95. The summed E-state index contributed by atoms with van der Waals surface area (Å²) in [4.78, 5) is 0. The normalized spacial score (nSPS) is 16.4. The van der Waals surface area contributed by atoms with E-state index in [1.807, 2.05) is 20.8 Å². The molecule has 0 spiro atoms. The van der Waals surface area contributed by atoms with Crippen LogP contribution in [0.25, 0.3) is 0 Å². The Morgan fingerprint density at radius 2 is 2.00 bits per heavy atom. The quantitative estimate of drug-likeness (QED) is 0.502. The minimum atomic E-state index is 1.02. The molecule has 1 heteroatoms. The average molecular weight is 159 g/mol. The Labute approximate surface area is 68.6 Å². The molecule has 1 aliphatic rings. The van der Waals surface area contributed by atoms with Gasteiger partial charge < -0.3 is 0 Å². The van der Waals surface area contributed by atoms with Gasteiger partial charge in [-0.05, 0) is 25.3 Å². The van der Waals surface area contributed by atoms with Crippen molar-refractivity contribution in [1.29, 1.82) is 0 Å². The number of rotatable bonds is 0. The molecular formula is C9H15Cl. The molecule has 0 saturated heterocycles. The highest BCUT2D eigenvalue weighted by Crippen LogP contribution is 2.20. The van der Waals surface area contributed by atoms with E-state index < -0.39 is 0 Å². The summed E-state index contributed by atoms with van der Waals surface area (Å²) in [6.45, 7) is 6.04. The van der Waals surface area contributed by atoms with E-state index in [1.165, 1.54) is 5.57 Å². The second-order valence-corrected chi connectivity index (χ2v) is 2.49. The summed E-state index contributed by atoms with van der Waals surface area (Å²) in [6.07, 6.45) is 6.37. The van der Waals surface area contributed by atoms with Gasteiger partial charge >= 0.3 is 0 Å². The second-order valence-electron chi connectivity index (χ2n) is 2.03. The first-order valence-electron chi connectivity index (χ1n) is 3.82. The zero-order valence-corrected chi connectivity index (χ0v) is 7.70. The lowest BCUT2D eigenvalue weighted by Gasteiger charge is -2.03. The highest BCUT2D eigenvalue weighted by Gasteiger charge is 1.98. The molecule has 0 radical (unpaired) electrons. The highest BCUT2D eigenvalue weighted by atomic mass is 35.5. The maximum absolute atomic E-state index is 5.80. The fourth-order valence-corrected chi connectivity index (χ4v) is 0.930. The van der Waals surface area contributed by atoms with Crippen LogP contribution in [0.5, 0.6) is 0 Å². The number of halogens is 1. The molecule has 0 heterocycles. The minimum absolute atomic E-state index is 1.02. The van der Waals surface area contributed by atoms with Gasteiger partial charge in [0, 0.05) is 5.03 Å². The van der Waals surface area contributed by atoms with Crippen LogP contribution in [0, 0.1) is 0 Å². The van der Waals surface area contributed by atoms with Crippen LogP contribution >= 0.6 is 11.6 Å². The van der Waals surface area contributed by atoms with E-state index in [9.17, 15) is 0 Å². The summed E-state index contributed by atoms with van der Waals surface area (Å²) in [5, 5.41) is 1.02. The third-order valence-corrected chi connectivity index (χ3v) is 1.81. The Kier molecular flexibility index (Phi) is 5.42. The number of hydrogen-bond acceptors (Lipinski definition) is 0. The van der Waals surface area contributed by atoms with Gasteiger partial charge in [0.2, 0.25) is 0 Å². The first-order chi connectivity index (χ1) is 4.80. The molecular weight excluding hydrogens is 144 g/mol. The Balaban J connectivity index is 0.000000371. The van der Waals surface area contributed by atoms with Gasteiger partial charge in [-0.3, -0.25) is 0 Å². The molecule has 0 bridgehead atoms. The summed E-state index contributed by atoms with van der Waals surface area (Å²) in [5.74, 6) is 0. The van der Waals surface area contributed by atoms with Crippen LogP contribution in [0.4, 0.5) is 0 Å². The van der Waals surface area contributed by atoms with Crippen LogP contribution in [-0.4, -0.2) is 0 Å². The van der Waals surface area contributed by atoms with Crippen LogP contribution < -0.4 is 0 Å². The first-order valence-corrected chi connectivity index (χ1v) is 4.20. The average Bonchev–Trinajstić information content (AvgIpc) is 2.00. The van der Waals surface area contributed by atoms with Crippen molar-refractivity contribution in [1.82, 2.24) is 0 Å². The van der Waals surface area contributed by atoms with E-state index >= 15 is 0 Å². The molecule has 0 unspecified atom stereocenters. The van der Waals surface area contributed by atoms with E-state index in [1.54, 1.807) is 0 Å². The van der Waals surface area contributed by atoms with Crippen LogP contribution in [0.1, 0.15) is 33.6 Å². The van der Waals surface area contributed by atoms with Crippen molar-refractivity contribution in [3.8, 4) is 0 Å². The molecule has 0 aromatic heterocycles. The lowest BCUT2D eigenvalue weighted by molar-refractivity contribution is 0.996. The standard InChI is InChI=1S/C7H9Cl.C2H6/c1-6-4-2-3-5-7(6)8;1-2/h2,4H,3,5H2,1H3;1-2H3. The van der Waals surface area contributed by atoms with E-state index in [4.69, 9.17) is 11.6 Å². The molecule has 0 saturated carbocycles. The smallest absolute Gasteiger partial charge is 0.0213 e. The molecule has 0 aliphatic heterocycles. The van der Waals surface area contributed by atoms with Gasteiger partial charge in [0.05, 0.1) is 0 Å². The fourth-order valence-electron chi connectivity index (χ4n) is 0.758. The van der Waals surface area contributed by atoms with E-state index in [2.05, 4.69) is 12.2 Å². The molecule has 0 N–H and O–H groups in total. The van der Waals surface area contributed by atoms with Crippen molar-refractivity contribution in [2.24, 2.45) is 0 Å². The van der Waals surface area contributed by atoms with E-state index in [-0.39, 0.29) is 0 Å². The molecule has 0 atom stereocenters. The predicted octanol–water partition coefficient (Wildman–Crippen LogP) is 3.88. The molecule has 0 fully saturated rings. The lowest BCUT2D eigenvalue weighted by Crippen LogP contribution is -1.83. The summed E-state index contributed by atoms with van der Waals surface area (Å²) < 4.78 is 0. The molecule has 0 aromatic rings. The predicted molar refractivity (Wildman–Crippen MR) is 48.3 cm³/mol. The first kappa shape index (κ1) is 9.77.